The van der Waals surface area contributed by atoms with Gasteiger partial charge >= 0.3 is 6.03 Å². The fourth-order valence-electron chi connectivity index (χ4n) is 4.11. The first kappa shape index (κ1) is 22.5. The van der Waals surface area contributed by atoms with Crippen molar-refractivity contribution in [2.45, 2.75) is 75.5 Å². The van der Waals surface area contributed by atoms with Crippen molar-refractivity contribution in [2.75, 3.05) is 13.6 Å². The highest BCUT2D eigenvalue weighted by Gasteiger charge is 2.43. The first-order chi connectivity index (χ1) is 14.4. The molecule has 4 N–H and O–H groups in total. The number of hydrogen-bond donors (Lipinski definition) is 4. The summed E-state index contributed by atoms with van der Waals surface area (Å²) in [7, 11) is 1.70. The molecule has 8 nitrogen and oxygen atoms in total. The Bertz CT molecular complexity index is 695. The summed E-state index contributed by atoms with van der Waals surface area (Å²) >= 11 is 0. The summed E-state index contributed by atoms with van der Waals surface area (Å²) in [6.07, 6.45) is 1.49. The second kappa shape index (κ2) is 10.7. The summed E-state index contributed by atoms with van der Waals surface area (Å²) < 4.78 is 5.71. The number of ether oxygens (including phenoxy) is 1. The molecule has 1 heterocycles. The molecule has 166 valence electrons. The second-order valence-corrected chi connectivity index (χ2v) is 8.32. The Labute approximate surface area is 177 Å². The smallest absolute Gasteiger partial charge is 0.315 e. The quantitative estimate of drug-likeness (QED) is 0.530. The minimum absolute atomic E-state index is 0.0354. The van der Waals surface area contributed by atoms with Crippen molar-refractivity contribution in [3.8, 4) is 0 Å². The Kier molecular flexibility index (Phi) is 8.07. The van der Waals surface area contributed by atoms with Crippen molar-refractivity contribution in [3.63, 3.8) is 0 Å². The van der Waals surface area contributed by atoms with E-state index in [2.05, 4.69) is 10.6 Å². The number of aliphatic hydroxyl groups is 2. The molecule has 2 fully saturated rings. The zero-order valence-electron chi connectivity index (χ0n) is 17.5. The van der Waals surface area contributed by atoms with E-state index in [1.807, 2.05) is 30.3 Å². The molecule has 0 bridgehead atoms. The first-order valence-corrected chi connectivity index (χ1v) is 10.8. The molecule has 4 atom stereocenters. The number of nitrogens with one attached hydrogen (secondary N) is 2. The van der Waals surface area contributed by atoms with Gasteiger partial charge in [0.1, 0.15) is 18.3 Å². The van der Waals surface area contributed by atoms with Gasteiger partial charge in [-0.1, -0.05) is 49.6 Å². The van der Waals surface area contributed by atoms with Gasteiger partial charge in [0.2, 0.25) is 5.91 Å². The number of benzene rings is 1. The molecule has 0 radical (unpaired) electrons. The van der Waals surface area contributed by atoms with E-state index >= 15 is 0 Å². The van der Waals surface area contributed by atoms with E-state index in [9.17, 15) is 19.8 Å². The number of rotatable bonds is 7. The average molecular weight is 420 g/mol. The van der Waals surface area contributed by atoms with Gasteiger partial charge in [-0.2, -0.15) is 0 Å². The predicted octanol–water partition coefficient (Wildman–Crippen LogP) is 1.16. The zero-order valence-corrected chi connectivity index (χ0v) is 17.5. The van der Waals surface area contributed by atoms with Crippen LogP contribution in [-0.4, -0.2) is 71.1 Å². The molecular formula is C22H33N3O5. The number of carbonyl (C=O) groups excluding carboxylic acids is 2. The lowest BCUT2D eigenvalue weighted by Crippen LogP contribution is -2.47. The SMILES string of the molecule is CN(Cc1ccccc1)C(=O)C[C@@H]1O[C@H](CNC(=O)NC2CCCCC2)[C@@H](O)[C@H]1O. The van der Waals surface area contributed by atoms with Crippen LogP contribution in [0.4, 0.5) is 4.79 Å². The molecule has 0 unspecified atom stereocenters. The number of carbonyl (C=O) groups is 2. The van der Waals surface area contributed by atoms with Gasteiger partial charge in [0.25, 0.3) is 0 Å². The van der Waals surface area contributed by atoms with Crippen molar-refractivity contribution in [1.29, 1.82) is 0 Å². The van der Waals surface area contributed by atoms with E-state index in [4.69, 9.17) is 4.74 Å². The van der Waals surface area contributed by atoms with Gasteiger partial charge in [-0.15, -0.1) is 0 Å². The van der Waals surface area contributed by atoms with E-state index < -0.39 is 24.4 Å². The molecule has 0 aromatic heterocycles. The third-order valence-electron chi connectivity index (χ3n) is 5.93. The number of urea groups is 1. The van der Waals surface area contributed by atoms with Crippen molar-refractivity contribution < 1.29 is 24.5 Å². The normalized spacial score (nSPS) is 26.9. The van der Waals surface area contributed by atoms with Gasteiger partial charge < -0.3 is 30.5 Å². The molecule has 8 heteroatoms. The maximum Gasteiger partial charge on any atom is 0.315 e. The molecule has 2 aliphatic rings. The topological polar surface area (TPSA) is 111 Å². The third-order valence-corrected chi connectivity index (χ3v) is 5.93. The van der Waals surface area contributed by atoms with Gasteiger partial charge in [0.15, 0.2) is 0 Å². The van der Waals surface area contributed by atoms with Crippen LogP contribution >= 0.6 is 0 Å². The van der Waals surface area contributed by atoms with Gasteiger partial charge in [-0.25, -0.2) is 4.79 Å². The highest BCUT2D eigenvalue weighted by atomic mass is 16.5. The van der Waals surface area contributed by atoms with Crippen LogP contribution in [0.15, 0.2) is 30.3 Å². The fourth-order valence-corrected chi connectivity index (χ4v) is 4.11. The minimum Gasteiger partial charge on any atom is -0.388 e. The molecular weight excluding hydrogens is 386 g/mol. The standard InChI is InChI=1S/C22H33N3O5/c1-25(14-15-8-4-2-5-9-15)19(26)12-17-20(27)21(28)18(30-17)13-23-22(29)24-16-10-6-3-7-11-16/h2,4-5,8-9,16-18,20-21,27-28H,3,6-7,10-14H2,1H3,(H2,23,24,29)/t17-,18+,20-,21+/m0/s1. The van der Waals surface area contributed by atoms with Crippen LogP contribution in [0.1, 0.15) is 44.1 Å². The van der Waals surface area contributed by atoms with Crippen LogP contribution in [0.5, 0.6) is 0 Å². The Morgan fingerprint density at radius 1 is 1.07 bits per heavy atom. The maximum atomic E-state index is 12.5. The lowest BCUT2D eigenvalue weighted by molar-refractivity contribution is -0.134. The first-order valence-electron chi connectivity index (χ1n) is 10.8. The fraction of sp³-hybridized carbons (Fsp3) is 0.636. The monoisotopic (exact) mass is 419 g/mol. The Morgan fingerprint density at radius 2 is 1.73 bits per heavy atom. The Balaban J connectivity index is 1.43. The van der Waals surface area contributed by atoms with Crippen LogP contribution in [0, 0.1) is 0 Å². The second-order valence-electron chi connectivity index (χ2n) is 8.32. The predicted molar refractivity (Wildman–Crippen MR) is 112 cm³/mol. The third kappa shape index (κ3) is 6.17. The summed E-state index contributed by atoms with van der Waals surface area (Å²) in [5, 5.41) is 26.2. The van der Waals surface area contributed by atoms with E-state index in [-0.39, 0.29) is 30.9 Å². The van der Waals surface area contributed by atoms with Crippen molar-refractivity contribution in [3.05, 3.63) is 35.9 Å². The Morgan fingerprint density at radius 3 is 2.43 bits per heavy atom. The molecule has 1 aromatic rings. The molecule has 1 aliphatic heterocycles. The van der Waals surface area contributed by atoms with Gasteiger partial charge in [-0.05, 0) is 18.4 Å². The highest BCUT2D eigenvalue weighted by Crippen LogP contribution is 2.24. The molecule has 1 saturated heterocycles. The molecule has 3 amide bonds. The van der Waals surface area contributed by atoms with Crippen LogP contribution in [0.3, 0.4) is 0 Å². The van der Waals surface area contributed by atoms with Crippen LogP contribution in [0.2, 0.25) is 0 Å². The number of nitrogens with zero attached hydrogens (tertiary/aromatic N) is 1. The average Bonchev–Trinajstić information content (AvgIpc) is 3.01. The Hall–Kier alpha value is -2.16. The van der Waals surface area contributed by atoms with Crippen molar-refractivity contribution in [2.24, 2.45) is 0 Å². The molecule has 0 spiro atoms. The summed E-state index contributed by atoms with van der Waals surface area (Å²) in [4.78, 5) is 26.2. The van der Waals surface area contributed by atoms with E-state index in [0.717, 1.165) is 31.2 Å². The van der Waals surface area contributed by atoms with Crippen molar-refractivity contribution >= 4 is 11.9 Å². The van der Waals surface area contributed by atoms with E-state index in [1.165, 1.54) is 6.42 Å². The van der Waals surface area contributed by atoms with Crippen molar-refractivity contribution in [1.82, 2.24) is 15.5 Å². The summed E-state index contributed by atoms with van der Waals surface area (Å²) in [6, 6.07) is 9.51. The minimum atomic E-state index is -1.17. The number of aliphatic hydroxyl groups excluding tert-OH is 2. The van der Waals surface area contributed by atoms with Gasteiger partial charge in [0, 0.05) is 26.2 Å². The summed E-state index contributed by atoms with van der Waals surface area (Å²) in [5.74, 6) is -0.182. The molecule has 30 heavy (non-hydrogen) atoms. The molecule has 1 aliphatic carbocycles. The zero-order chi connectivity index (χ0) is 21.5. The van der Waals surface area contributed by atoms with E-state index in [1.54, 1.807) is 11.9 Å². The maximum absolute atomic E-state index is 12.5. The van der Waals surface area contributed by atoms with Crippen LogP contribution in [-0.2, 0) is 16.1 Å². The van der Waals surface area contributed by atoms with E-state index in [0.29, 0.717) is 6.54 Å². The van der Waals surface area contributed by atoms with Crippen LogP contribution in [0.25, 0.3) is 0 Å². The molecule has 1 aromatic carbocycles. The number of hydrogen-bond acceptors (Lipinski definition) is 5. The largest absolute Gasteiger partial charge is 0.388 e. The lowest BCUT2D eigenvalue weighted by atomic mass is 9.96. The molecule has 3 rings (SSSR count). The van der Waals surface area contributed by atoms with Crippen LogP contribution < -0.4 is 10.6 Å². The summed E-state index contributed by atoms with van der Waals surface area (Å²) in [6.45, 7) is 0.526. The highest BCUT2D eigenvalue weighted by molar-refractivity contribution is 5.76. The summed E-state index contributed by atoms with van der Waals surface area (Å²) in [5.41, 5.74) is 1.01. The molecule has 1 saturated carbocycles. The lowest BCUT2D eigenvalue weighted by Gasteiger charge is -2.23. The van der Waals surface area contributed by atoms with Gasteiger partial charge in [-0.3, -0.25) is 4.79 Å². The van der Waals surface area contributed by atoms with Gasteiger partial charge in [0.05, 0.1) is 12.5 Å². The number of amides is 3.